The molecule has 9 nitrogen and oxygen atoms in total. The number of nitrogens with zero attached hydrogens (tertiary/aromatic N) is 7. The molecular weight excluding hydrogens is 426 g/mol. The van der Waals surface area contributed by atoms with Crippen LogP contribution in [0.15, 0.2) is 56.9 Å². The third-order valence-electron chi connectivity index (χ3n) is 5.08. The van der Waals surface area contributed by atoms with Crippen LogP contribution >= 0.6 is 11.3 Å². The second-order valence-electron chi connectivity index (χ2n) is 7.23. The monoisotopic (exact) mass is 449 g/mol. The average Bonchev–Trinajstić information content (AvgIpc) is 3.40. The maximum absolute atomic E-state index is 12.3. The van der Waals surface area contributed by atoms with Crippen molar-refractivity contribution in [2.45, 2.75) is 33.8 Å². The van der Waals surface area contributed by atoms with Crippen molar-refractivity contribution in [1.29, 1.82) is 0 Å². The van der Waals surface area contributed by atoms with Gasteiger partial charge in [-0.25, -0.2) is 9.78 Å². The van der Waals surface area contributed by atoms with Gasteiger partial charge in [-0.1, -0.05) is 25.1 Å². The van der Waals surface area contributed by atoms with Crippen LogP contribution in [0.5, 0.6) is 0 Å². The highest BCUT2D eigenvalue weighted by atomic mass is 32.1. The molecule has 0 saturated heterocycles. The lowest BCUT2D eigenvalue weighted by atomic mass is 10.1. The zero-order valence-electron chi connectivity index (χ0n) is 18.3. The van der Waals surface area contributed by atoms with E-state index in [2.05, 4.69) is 25.6 Å². The van der Waals surface area contributed by atoms with E-state index in [1.54, 1.807) is 18.4 Å². The molecule has 0 unspecified atom stereocenters. The lowest BCUT2D eigenvalue weighted by Gasteiger charge is -2.13. The first-order chi connectivity index (χ1) is 15.5. The van der Waals surface area contributed by atoms with Gasteiger partial charge >= 0.3 is 5.69 Å². The van der Waals surface area contributed by atoms with E-state index in [-0.39, 0.29) is 12.3 Å². The Hall–Kier alpha value is -3.66. The van der Waals surface area contributed by atoms with E-state index in [1.165, 1.54) is 9.36 Å². The second-order valence-corrected chi connectivity index (χ2v) is 8.11. The van der Waals surface area contributed by atoms with E-state index in [9.17, 15) is 4.79 Å². The van der Waals surface area contributed by atoms with Gasteiger partial charge in [0.2, 0.25) is 5.90 Å². The van der Waals surface area contributed by atoms with Crippen molar-refractivity contribution in [2.75, 3.05) is 0 Å². The molecule has 0 spiro atoms. The summed E-state index contributed by atoms with van der Waals surface area (Å²) in [5.41, 5.74) is 6.65. The first-order valence-electron chi connectivity index (χ1n) is 10.1. The summed E-state index contributed by atoms with van der Waals surface area (Å²) >= 11 is 1.61. The number of aromatic nitrogens is 5. The maximum atomic E-state index is 12.3. The fraction of sp³-hybridized carbons (Fsp3) is 0.273. The second kappa shape index (κ2) is 9.23. The van der Waals surface area contributed by atoms with Crippen molar-refractivity contribution in [3.05, 3.63) is 69.1 Å². The zero-order chi connectivity index (χ0) is 22.7. The summed E-state index contributed by atoms with van der Waals surface area (Å²) in [4.78, 5) is 16.7. The SMILES string of the molecule is CC/C(=N\N=C(C)c1ccc2scnc2c1)OCc1c(C)cccc1-n1nnn(C)c1=O. The summed E-state index contributed by atoms with van der Waals surface area (Å²) in [5, 5.41) is 16.4. The smallest absolute Gasteiger partial charge is 0.368 e. The van der Waals surface area contributed by atoms with Gasteiger partial charge in [0.15, 0.2) is 0 Å². The average molecular weight is 450 g/mol. The van der Waals surface area contributed by atoms with Crippen LogP contribution in [-0.4, -0.2) is 36.4 Å². The fourth-order valence-corrected chi connectivity index (χ4v) is 3.83. The number of rotatable bonds is 6. The number of benzene rings is 2. The highest BCUT2D eigenvalue weighted by Gasteiger charge is 2.14. The molecule has 0 saturated carbocycles. The predicted octanol–water partition coefficient (Wildman–Crippen LogP) is 3.63. The topological polar surface area (TPSA) is 99.5 Å². The van der Waals surface area contributed by atoms with E-state index in [1.807, 2.05) is 62.7 Å². The summed E-state index contributed by atoms with van der Waals surface area (Å²) < 4.78 is 9.57. The Labute approximate surface area is 188 Å². The van der Waals surface area contributed by atoms with Crippen molar-refractivity contribution in [2.24, 2.45) is 17.3 Å². The molecule has 0 amide bonds. The molecule has 164 valence electrons. The minimum absolute atomic E-state index is 0.233. The minimum Gasteiger partial charge on any atom is -0.475 e. The molecule has 0 radical (unpaired) electrons. The molecule has 32 heavy (non-hydrogen) atoms. The van der Waals surface area contributed by atoms with Crippen LogP contribution in [-0.2, 0) is 18.4 Å². The molecule has 0 N–H and O–H groups in total. The molecule has 2 aromatic heterocycles. The van der Waals surface area contributed by atoms with Gasteiger partial charge in [0.25, 0.3) is 0 Å². The molecule has 4 aromatic rings. The lowest BCUT2D eigenvalue weighted by molar-refractivity contribution is 0.282. The Balaban J connectivity index is 1.56. The number of hydrogen-bond acceptors (Lipinski definition) is 8. The highest BCUT2D eigenvalue weighted by Crippen LogP contribution is 2.20. The Morgan fingerprint density at radius 1 is 1.19 bits per heavy atom. The fourth-order valence-electron chi connectivity index (χ4n) is 3.17. The van der Waals surface area contributed by atoms with Crippen molar-refractivity contribution < 1.29 is 4.74 Å². The number of tetrazole rings is 1. The van der Waals surface area contributed by atoms with Crippen molar-refractivity contribution >= 4 is 33.2 Å². The van der Waals surface area contributed by atoms with E-state index in [4.69, 9.17) is 4.74 Å². The molecule has 4 rings (SSSR count). The van der Waals surface area contributed by atoms with Crippen LogP contribution in [0.3, 0.4) is 0 Å². The number of ether oxygens (including phenoxy) is 1. The van der Waals surface area contributed by atoms with Crippen LogP contribution < -0.4 is 5.69 Å². The van der Waals surface area contributed by atoms with Crippen LogP contribution in [0, 0.1) is 6.92 Å². The summed E-state index contributed by atoms with van der Waals surface area (Å²) in [5.74, 6) is 0.500. The molecule has 0 atom stereocenters. The first kappa shape index (κ1) is 21.6. The largest absolute Gasteiger partial charge is 0.475 e. The van der Waals surface area contributed by atoms with E-state index in [0.717, 1.165) is 32.6 Å². The van der Waals surface area contributed by atoms with Gasteiger partial charge in [-0.2, -0.15) is 14.5 Å². The van der Waals surface area contributed by atoms with Crippen LogP contribution in [0.25, 0.3) is 15.9 Å². The van der Waals surface area contributed by atoms with Crippen molar-refractivity contribution in [1.82, 2.24) is 24.8 Å². The maximum Gasteiger partial charge on any atom is 0.368 e. The molecule has 2 aromatic carbocycles. The van der Waals surface area contributed by atoms with Crippen LogP contribution in [0.1, 0.15) is 37.0 Å². The van der Waals surface area contributed by atoms with Gasteiger partial charge in [-0.05, 0) is 53.6 Å². The molecular formula is C22H23N7O2S. The molecule has 0 bridgehead atoms. The molecule has 10 heteroatoms. The lowest BCUT2D eigenvalue weighted by Crippen LogP contribution is -2.23. The summed E-state index contributed by atoms with van der Waals surface area (Å²) in [7, 11) is 1.56. The molecule has 0 aliphatic heterocycles. The Kier molecular flexibility index (Phi) is 6.22. The first-order valence-corrected chi connectivity index (χ1v) is 11.0. The van der Waals surface area contributed by atoms with Gasteiger partial charge in [0.1, 0.15) is 6.61 Å². The third-order valence-corrected chi connectivity index (χ3v) is 5.89. The predicted molar refractivity (Wildman–Crippen MR) is 126 cm³/mol. The number of hydrogen-bond donors (Lipinski definition) is 0. The van der Waals surface area contributed by atoms with Gasteiger partial charge in [0.05, 0.1) is 27.1 Å². The summed E-state index contributed by atoms with van der Waals surface area (Å²) in [6, 6.07) is 11.7. The van der Waals surface area contributed by atoms with E-state index >= 15 is 0 Å². The normalized spacial score (nSPS) is 12.5. The van der Waals surface area contributed by atoms with Crippen LogP contribution in [0.2, 0.25) is 0 Å². The van der Waals surface area contributed by atoms with Crippen LogP contribution in [0.4, 0.5) is 0 Å². The Morgan fingerprint density at radius 2 is 2.03 bits per heavy atom. The van der Waals surface area contributed by atoms with Gasteiger partial charge in [-0.15, -0.1) is 16.4 Å². The molecule has 0 fully saturated rings. The van der Waals surface area contributed by atoms with Gasteiger partial charge in [-0.3, -0.25) is 0 Å². The number of fused-ring (bicyclic) bond motifs is 1. The van der Waals surface area contributed by atoms with Crippen molar-refractivity contribution in [3.8, 4) is 5.69 Å². The van der Waals surface area contributed by atoms with Crippen molar-refractivity contribution in [3.63, 3.8) is 0 Å². The Bertz CT molecular complexity index is 1380. The quantitative estimate of drug-likeness (QED) is 0.254. The minimum atomic E-state index is -0.321. The van der Waals surface area contributed by atoms with E-state index in [0.29, 0.717) is 18.0 Å². The molecule has 0 aliphatic rings. The van der Waals surface area contributed by atoms with Gasteiger partial charge in [0, 0.05) is 19.0 Å². The highest BCUT2D eigenvalue weighted by molar-refractivity contribution is 7.16. The third kappa shape index (κ3) is 4.35. The summed E-state index contributed by atoms with van der Waals surface area (Å²) in [6.07, 6.45) is 0.578. The van der Waals surface area contributed by atoms with E-state index < -0.39 is 0 Å². The standard InChI is InChI=1S/C22H23N7O2S/c1-5-21(25-24-15(3)16-9-10-20-18(11-16)23-13-32-20)31-12-17-14(2)7-6-8-19(17)29-22(30)28(4)26-27-29/h6-11,13H,5,12H2,1-4H3/b24-15?,25-21+. The summed E-state index contributed by atoms with van der Waals surface area (Å²) in [6.45, 7) is 6.06. The molecule has 0 aliphatic carbocycles. The number of aryl methyl sites for hydroxylation is 2. The van der Waals surface area contributed by atoms with Gasteiger partial charge < -0.3 is 4.74 Å². The zero-order valence-corrected chi connectivity index (χ0v) is 19.1. The number of thiazole rings is 1. The Morgan fingerprint density at radius 3 is 2.78 bits per heavy atom. The molecule has 2 heterocycles.